The smallest absolute Gasteiger partial charge is 0.123 e. The number of halogens is 1. The van der Waals surface area contributed by atoms with Crippen molar-refractivity contribution < 1.29 is 4.39 Å². The summed E-state index contributed by atoms with van der Waals surface area (Å²) in [7, 11) is 0. The van der Waals surface area contributed by atoms with E-state index >= 15 is 0 Å². The van der Waals surface area contributed by atoms with Crippen molar-refractivity contribution >= 4 is 10.9 Å². The normalized spacial score (nSPS) is 11.1. The second kappa shape index (κ2) is 4.86. The molecule has 0 atom stereocenters. The van der Waals surface area contributed by atoms with Crippen molar-refractivity contribution in [3.8, 4) is 0 Å². The van der Waals surface area contributed by atoms with Gasteiger partial charge in [0.15, 0.2) is 0 Å². The van der Waals surface area contributed by atoms with Crippen LogP contribution in [0.25, 0.3) is 10.9 Å². The predicted molar refractivity (Wildman–Crippen MR) is 75.3 cm³/mol. The quantitative estimate of drug-likeness (QED) is 0.764. The molecule has 2 aromatic carbocycles. The first-order chi connectivity index (χ1) is 9.28. The Kier molecular flexibility index (Phi) is 3.05. The SMILES string of the molecule is NCc1cccc2ccn(Cc3ccc(F)cc3)c12. The number of benzene rings is 2. The maximum Gasteiger partial charge on any atom is 0.123 e. The van der Waals surface area contributed by atoms with E-state index in [0.29, 0.717) is 6.54 Å². The van der Waals surface area contributed by atoms with Gasteiger partial charge in [-0.25, -0.2) is 4.39 Å². The van der Waals surface area contributed by atoms with Gasteiger partial charge in [0, 0.05) is 19.3 Å². The van der Waals surface area contributed by atoms with Crippen molar-refractivity contribution in [2.24, 2.45) is 5.73 Å². The Bertz CT molecular complexity index is 698. The minimum atomic E-state index is -0.205. The van der Waals surface area contributed by atoms with Crippen molar-refractivity contribution in [1.29, 1.82) is 0 Å². The Balaban J connectivity index is 2.03. The third kappa shape index (κ3) is 2.25. The fourth-order valence-corrected chi connectivity index (χ4v) is 2.42. The van der Waals surface area contributed by atoms with Gasteiger partial charge in [0.1, 0.15) is 5.82 Å². The van der Waals surface area contributed by atoms with Crippen LogP contribution in [0.3, 0.4) is 0 Å². The molecule has 2 nitrogen and oxygen atoms in total. The van der Waals surface area contributed by atoms with E-state index in [-0.39, 0.29) is 5.82 Å². The zero-order valence-corrected chi connectivity index (χ0v) is 10.5. The van der Waals surface area contributed by atoms with Gasteiger partial charge in [-0.15, -0.1) is 0 Å². The molecule has 0 radical (unpaired) electrons. The maximum absolute atomic E-state index is 12.9. The summed E-state index contributed by atoms with van der Waals surface area (Å²) < 4.78 is 15.1. The highest BCUT2D eigenvalue weighted by Crippen LogP contribution is 2.21. The Hall–Kier alpha value is -2.13. The summed E-state index contributed by atoms with van der Waals surface area (Å²) in [4.78, 5) is 0. The number of aromatic nitrogens is 1. The summed E-state index contributed by atoms with van der Waals surface area (Å²) in [6.07, 6.45) is 2.05. The van der Waals surface area contributed by atoms with Crippen LogP contribution in [0.4, 0.5) is 4.39 Å². The second-order valence-electron chi connectivity index (χ2n) is 4.63. The molecule has 0 bridgehead atoms. The Morgan fingerprint density at radius 3 is 2.53 bits per heavy atom. The number of fused-ring (bicyclic) bond motifs is 1. The monoisotopic (exact) mass is 254 g/mol. The molecule has 0 aliphatic rings. The molecule has 3 aromatic rings. The van der Waals surface area contributed by atoms with E-state index in [1.165, 1.54) is 17.5 Å². The molecule has 0 spiro atoms. The molecule has 1 aromatic heterocycles. The molecule has 0 unspecified atom stereocenters. The lowest BCUT2D eigenvalue weighted by molar-refractivity contribution is 0.626. The summed E-state index contributed by atoms with van der Waals surface area (Å²) in [5.41, 5.74) is 9.16. The van der Waals surface area contributed by atoms with Gasteiger partial charge in [-0.2, -0.15) is 0 Å². The van der Waals surface area contributed by atoms with Gasteiger partial charge in [-0.05, 0) is 34.7 Å². The lowest BCUT2D eigenvalue weighted by Crippen LogP contribution is -2.03. The number of rotatable bonds is 3. The highest BCUT2D eigenvalue weighted by Gasteiger charge is 2.06. The molecular formula is C16H15FN2. The highest BCUT2D eigenvalue weighted by atomic mass is 19.1. The van der Waals surface area contributed by atoms with Crippen LogP contribution in [0.1, 0.15) is 11.1 Å². The average Bonchev–Trinajstić information content (AvgIpc) is 2.85. The maximum atomic E-state index is 12.9. The van der Waals surface area contributed by atoms with Crippen molar-refractivity contribution in [3.05, 3.63) is 71.7 Å². The van der Waals surface area contributed by atoms with Gasteiger partial charge in [-0.1, -0.05) is 30.3 Å². The van der Waals surface area contributed by atoms with Crippen molar-refractivity contribution in [1.82, 2.24) is 4.57 Å². The average molecular weight is 254 g/mol. The van der Waals surface area contributed by atoms with Crippen molar-refractivity contribution in [2.45, 2.75) is 13.1 Å². The molecule has 1 heterocycles. The van der Waals surface area contributed by atoms with Crippen LogP contribution in [0.15, 0.2) is 54.7 Å². The molecule has 0 amide bonds. The Labute approximate surface area is 111 Å². The van der Waals surface area contributed by atoms with Crippen molar-refractivity contribution in [3.63, 3.8) is 0 Å². The molecule has 0 saturated carbocycles. The molecule has 2 N–H and O–H groups in total. The van der Waals surface area contributed by atoms with Crippen LogP contribution in [0.5, 0.6) is 0 Å². The lowest BCUT2D eigenvalue weighted by Gasteiger charge is -2.09. The van der Waals surface area contributed by atoms with E-state index in [1.807, 2.05) is 30.5 Å². The topological polar surface area (TPSA) is 30.9 Å². The Morgan fingerprint density at radius 1 is 1.00 bits per heavy atom. The molecular weight excluding hydrogens is 239 g/mol. The molecule has 3 rings (SSSR count). The Morgan fingerprint density at radius 2 is 1.79 bits per heavy atom. The lowest BCUT2D eigenvalue weighted by atomic mass is 10.1. The summed E-state index contributed by atoms with van der Waals surface area (Å²) in [6.45, 7) is 1.24. The van der Waals surface area contributed by atoms with E-state index in [4.69, 9.17) is 5.73 Å². The first kappa shape index (κ1) is 11.9. The molecule has 0 saturated heterocycles. The number of para-hydroxylation sites is 1. The summed E-state index contributed by atoms with van der Waals surface area (Å²) in [6, 6.07) is 14.8. The van der Waals surface area contributed by atoms with Crippen LogP contribution in [-0.4, -0.2) is 4.57 Å². The minimum absolute atomic E-state index is 0.205. The van der Waals surface area contributed by atoms with Crippen LogP contribution < -0.4 is 5.73 Å². The summed E-state index contributed by atoms with van der Waals surface area (Å²) in [5, 5.41) is 1.19. The number of hydrogen-bond donors (Lipinski definition) is 1. The summed E-state index contributed by atoms with van der Waals surface area (Å²) in [5.74, 6) is -0.205. The van der Waals surface area contributed by atoms with E-state index in [2.05, 4.69) is 16.7 Å². The van der Waals surface area contributed by atoms with Gasteiger partial charge >= 0.3 is 0 Å². The second-order valence-corrected chi connectivity index (χ2v) is 4.63. The van der Waals surface area contributed by atoms with Gasteiger partial charge in [-0.3, -0.25) is 0 Å². The molecule has 0 fully saturated rings. The first-order valence-corrected chi connectivity index (χ1v) is 6.29. The number of nitrogens with zero attached hydrogens (tertiary/aromatic N) is 1. The van der Waals surface area contributed by atoms with Crippen LogP contribution >= 0.6 is 0 Å². The van der Waals surface area contributed by atoms with Crippen LogP contribution in [0.2, 0.25) is 0 Å². The van der Waals surface area contributed by atoms with Gasteiger partial charge in [0.05, 0.1) is 5.52 Å². The number of nitrogens with two attached hydrogens (primary N) is 1. The third-order valence-corrected chi connectivity index (χ3v) is 3.36. The van der Waals surface area contributed by atoms with E-state index < -0.39 is 0 Å². The van der Waals surface area contributed by atoms with E-state index in [9.17, 15) is 4.39 Å². The number of hydrogen-bond acceptors (Lipinski definition) is 1. The minimum Gasteiger partial charge on any atom is -0.343 e. The van der Waals surface area contributed by atoms with Gasteiger partial charge in [0.2, 0.25) is 0 Å². The molecule has 96 valence electrons. The van der Waals surface area contributed by atoms with Crippen molar-refractivity contribution in [2.75, 3.05) is 0 Å². The molecule has 19 heavy (non-hydrogen) atoms. The first-order valence-electron chi connectivity index (χ1n) is 6.29. The van der Waals surface area contributed by atoms with Crippen LogP contribution in [0, 0.1) is 5.82 Å². The van der Waals surface area contributed by atoms with E-state index in [0.717, 1.165) is 23.2 Å². The fraction of sp³-hybridized carbons (Fsp3) is 0.125. The van der Waals surface area contributed by atoms with Gasteiger partial charge in [0.25, 0.3) is 0 Å². The van der Waals surface area contributed by atoms with Gasteiger partial charge < -0.3 is 10.3 Å². The highest BCUT2D eigenvalue weighted by molar-refractivity contribution is 5.83. The largest absolute Gasteiger partial charge is 0.343 e. The van der Waals surface area contributed by atoms with Crippen LogP contribution in [-0.2, 0) is 13.1 Å². The predicted octanol–water partition coefficient (Wildman–Crippen LogP) is 3.29. The zero-order valence-electron chi connectivity index (χ0n) is 10.5. The molecule has 0 aliphatic carbocycles. The molecule has 0 aliphatic heterocycles. The zero-order chi connectivity index (χ0) is 13.2. The fourth-order valence-electron chi connectivity index (χ4n) is 2.42. The standard InChI is InChI=1S/C16H15FN2/c17-15-6-4-12(5-7-15)11-19-9-8-13-2-1-3-14(10-18)16(13)19/h1-9H,10-11,18H2. The molecule has 3 heteroatoms. The summed E-state index contributed by atoms with van der Waals surface area (Å²) >= 11 is 0. The van der Waals surface area contributed by atoms with E-state index in [1.54, 1.807) is 0 Å². The third-order valence-electron chi connectivity index (χ3n) is 3.36.